The van der Waals surface area contributed by atoms with E-state index in [1.807, 2.05) is 29.5 Å². The van der Waals surface area contributed by atoms with Gasteiger partial charge in [-0.3, -0.25) is 9.69 Å². The molecule has 0 N–H and O–H groups in total. The lowest BCUT2D eigenvalue weighted by Gasteiger charge is -2.37. The molecule has 0 bridgehead atoms. The fraction of sp³-hybridized carbons (Fsp3) is 0.650. The van der Waals surface area contributed by atoms with Crippen LogP contribution in [0.25, 0.3) is 11.0 Å². The molecule has 2 saturated heterocycles. The molecule has 0 unspecified atom stereocenters. The molecule has 0 saturated carbocycles. The number of amides is 1. The largest absolute Gasteiger partial charge is 0.336 e. The number of pyridine rings is 1. The van der Waals surface area contributed by atoms with Gasteiger partial charge < -0.3 is 4.90 Å². The number of carbonyl (C=O) groups is 1. The summed E-state index contributed by atoms with van der Waals surface area (Å²) in [5.41, 5.74) is 3.43. The molecule has 6 nitrogen and oxygen atoms in total. The highest BCUT2D eigenvalue weighted by Gasteiger charge is 2.33. The second-order valence-electron chi connectivity index (χ2n) is 7.76. The Bertz CT molecular complexity index is 827. The number of aromatic nitrogens is 3. The van der Waals surface area contributed by atoms with E-state index in [0.717, 1.165) is 67.0 Å². The Morgan fingerprint density at radius 1 is 1.27 bits per heavy atom. The molecule has 140 valence electrons. The van der Waals surface area contributed by atoms with Crippen LogP contribution in [-0.4, -0.2) is 62.7 Å². The minimum atomic E-state index is 0.144. The maximum absolute atomic E-state index is 13.4. The van der Waals surface area contributed by atoms with Crippen LogP contribution >= 0.6 is 0 Å². The number of rotatable bonds is 4. The van der Waals surface area contributed by atoms with Crippen LogP contribution in [0.15, 0.2) is 6.07 Å². The predicted molar refractivity (Wildman–Crippen MR) is 102 cm³/mol. The van der Waals surface area contributed by atoms with Crippen molar-refractivity contribution in [3.63, 3.8) is 0 Å². The Balaban J connectivity index is 1.69. The summed E-state index contributed by atoms with van der Waals surface area (Å²) in [4.78, 5) is 22.7. The average Bonchev–Trinajstić information content (AvgIpc) is 3.22. The molecular formula is C20H29N5O. The van der Waals surface area contributed by atoms with Crippen molar-refractivity contribution in [1.82, 2.24) is 24.6 Å². The monoisotopic (exact) mass is 355 g/mol. The highest BCUT2D eigenvalue weighted by Crippen LogP contribution is 2.27. The number of fused-ring (bicyclic) bond motifs is 2. The van der Waals surface area contributed by atoms with Crippen LogP contribution < -0.4 is 0 Å². The number of unbranched alkanes of at least 4 members (excludes halogenated alkanes) is 1. The highest BCUT2D eigenvalue weighted by molar-refractivity contribution is 6.06. The minimum absolute atomic E-state index is 0.144. The number of carbonyl (C=O) groups excluding carboxylic acids is 1. The van der Waals surface area contributed by atoms with Gasteiger partial charge in [0.25, 0.3) is 5.91 Å². The van der Waals surface area contributed by atoms with Crippen molar-refractivity contribution in [2.24, 2.45) is 0 Å². The van der Waals surface area contributed by atoms with E-state index < -0.39 is 0 Å². The Hall–Kier alpha value is -1.95. The second kappa shape index (κ2) is 6.99. The van der Waals surface area contributed by atoms with Gasteiger partial charge in [0.1, 0.15) is 0 Å². The maximum Gasteiger partial charge on any atom is 0.254 e. The summed E-state index contributed by atoms with van der Waals surface area (Å²) in [5.74, 6) is 0.144. The number of aryl methyl sites for hydroxylation is 3. The zero-order valence-electron chi connectivity index (χ0n) is 16.2. The summed E-state index contributed by atoms with van der Waals surface area (Å²) in [6, 6.07) is 2.49. The number of hydrogen-bond acceptors (Lipinski definition) is 4. The molecule has 0 spiro atoms. The van der Waals surface area contributed by atoms with Gasteiger partial charge in [0.15, 0.2) is 5.65 Å². The predicted octanol–water partition coefficient (Wildman–Crippen LogP) is 2.77. The van der Waals surface area contributed by atoms with Gasteiger partial charge in [-0.05, 0) is 45.7 Å². The number of piperazine rings is 1. The molecule has 26 heavy (non-hydrogen) atoms. The third-order valence-corrected chi connectivity index (χ3v) is 5.83. The maximum atomic E-state index is 13.4. The van der Waals surface area contributed by atoms with Crippen molar-refractivity contribution < 1.29 is 4.79 Å². The first-order valence-corrected chi connectivity index (χ1v) is 9.96. The molecule has 6 heteroatoms. The van der Waals surface area contributed by atoms with Crippen LogP contribution in [0.4, 0.5) is 0 Å². The van der Waals surface area contributed by atoms with E-state index in [4.69, 9.17) is 4.98 Å². The second-order valence-corrected chi connectivity index (χ2v) is 7.76. The van der Waals surface area contributed by atoms with Crippen molar-refractivity contribution in [3.05, 3.63) is 23.0 Å². The van der Waals surface area contributed by atoms with Crippen LogP contribution in [0.1, 0.15) is 54.4 Å². The third-order valence-electron chi connectivity index (χ3n) is 5.83. The van der Waals surface area contributed by atoms with Crippen LogP contribution in [-0.2, 0) is 6.54 Å². The number of hydrogen-bond donors (Lipinski definition) is 0. The van der Waals surface area contributed by atoms with E-state index in [2.05, 4.69) is 16.9 Å². The Morgan fingerprint density at radius 3 is 2.92 bits per heavy atom. The van der Waals surface area contributed by atoms with Crippen molar-refractivity contribution in [2.75, 3.05) is 26.2 Å². The molecule has 1 amide bonds. The molecule has 0 aromatic carbocycles. The summed E-state index contributed by atoms with van der Waals surface area (Å²) in [5, 5.41) is 5.62. The average molecular weight is 355 g/mol. The molecule has 2 fully saturated rings. The molecule has 1 atom stereocenters. The molecule has 4 heterocycles. The van der Waals surface area contributed by atoms with Crippen LogP contribution in [0.2, 0.25) is 0 Å². The smallest absolute Gasteiger partial charge is 0.254 e. The lowest BCUT2D eigenvalue weighted by atomic mass is 10.1. The SMILES string of the molecule is CCCCn1nc(C)c2c(C(=O)N3CCN4CCC[C@H]4C3)cc(C)nc21. The lowest BCUT2D eigenvalue weighted by Crippen LogP contribution is -2.52. The Kier molecular flexibility index (Phi) is 4.69. The van der Waals surface area contributed by atoms with Crippen molar-refractivity contribution >= 4 is 16.9 Å². The first kappa shape index (κ1) is 17.5. The molecular weight excluding hydrogens is 326 g/mol. The van der Waals surface area contributed by atoms with Gasteiger partial charge in [-0.2, -0.15) is 5.10 Å². The van der Waals surface area contributed by atoms with Crippen LogP contribution in [0, 0.1) is 13.8 Å². The zero-order valence-corrected chi connectivity index (χ0v) is 16.2. The summed E-state index contributed by atoms with van der Waals surface area (Å²) < 4.78 is 1.98. The topological polar surface area (TPSA) is 54.3 Å². The van der Waals surface area contributed by atoms with Gasteiger partial charge in [-0.1, -0.05) is 13.3 Å². The molecule has 2 aromatic heterocycles. The van der Waals surface area contributed by atoms with Gasteiger partial charge in [0.05, 0.1) is 16.6 Å². The molecule has 2 aromatic rings. The summed E-state index contributed by atoms with van der Waals surface area (Å²) in [7, 11) is 0. The molecule has 0 aliphatic carbocycles. The van der Waals surface area contributed by atoms with E-state index in [0.29, 0.717) is 6.04 Å². The van der Waals surface area contributed by atoms with E-state index >= 15 is 0 Å². The van der Waals surface area contributed by atoms with Gasteiger partial charge in [-0.25, -0.2) is 9.67 Å². The van der Waals surface area contributed by atoms with Gasteiger partial charge in [-0.15, -0.1) is 0 Å². The fourth-order valence-corrected chi connectivity index (χ4v) is 4.46. The van der Waals surface area contributed by atoms with Crippen molar-refractivity contribution in [3.8, 4) is 0 Å². The summed E-state index contributed by atoms with van der Waals surface area (Å²) in [6.45, 7) is 10.9. The normalized spacial score (nSPS) is 20.7. The van der Waals surface area contributed by atoms with E-state index in [1.54, 1.807) is 0 Å². The first-order chi connectivity index (χ1) is 12.6. The first-order valence-electron chi connectivity index (χ1n) is 9.96. The standard InChI is InChI=1S/C20H29N5O/c1-4-5-9-25-19-18(15(3)22-25)17(12-14(2)21-19)20(26)24-11-10-23-8-6-7-16(23)13-24/h12,16H,4-11,13H2,1-3H3/t16-/m0/s1. The van der Waals surface area contributed by atoms with Gasteiger partial charge in [0, 0.05) is 37.9 Å². The Morgan fingerprint density at radius 2 is 2.12 bits per heavy atom. The quantitative estimate of drug-likeness (QED) is 0.846. The third kappa shape index (κ3) is 3.00. The fourth-order valence-electron chi connectivity index (χ4n) is 4.46. The van der Waals surface area contributed by atoms with E-state index in [-0.39, 0.29) is 5.91 Å². The Labute approximate surface area is 155 Å². The molecule has 2 aliphatic heterocycles. The van der Waals surface area contributed by atoms with Crippen LogP contribution in [0.3, 0.4) is 0 Å². The van der Waals surface area contributed by atoms with Crippen LogP contribution in [0.5, 0.6) is 0 Å². The van der Waals surface area contributed by atoms with Gasteiger partial charge >= 0.3 is 0 Å². The zero-order chi connectivity index (χ0) is 18.3. The highest BCUT2D eigenvalue weighted by atomic mass is 16.2. The number of nitrogens with zero attached hydrogens (tertiary/aromatic N) is 5. The molecule has 4 rings (SSSR count). The van der Waals surface area contributed by atoms with Gasteiger partial charge in [0.2, 0.25) is 0 Å². The molecule has 0 radical (unpaired) electrons. The van der Waals surface area contributed by atoms with Crippen molar-refractivity contribution in [1.29, 1.82) is 0 Å². The van der Waals surface area contributed by atoms with E-state index in [9.17, 15) is 4.79 Å². The van der Waals surface area contributed by atoms with E-state index in [1.165, 1.54) is 19.4 Å². The molecule has 2 aliphatic rings. The summed E-state index contributed by atoms with van der Waals surface area (Å²) >= 11 is 0. The van der Waals surface area contributed by atoms with Crippen molar-refractivity contribution in [2.45, 2.75) is 59.0 Å². The minimum Gasteiger partial charge on any atom is -0.336 e. The summed E-state index contributed by atoms with van der Waals surface area (Å²) in [6.07, 6.45) is 4.65. The lowest BCUT2D eigenvalue weighted by molar-refractivity contribution is 0.0573.